The third kappa shape index (κ3) is 1.45. The summed E-state index contributed by atoms with van der Waals surface area (Å²) in [6.45, 7) is -0.0951. The van der Waals surface area contributed by atoms with Gasteiger partial charge < -0.3 is 10.2 Å². The van der Waals surface area contributed by atoms with E-state index in [1.807, 2.05) is 0 Å². The number of hydrogen-bond acceptors (Lipinski definition) is 3. The van der Waals surface area contributed by atoms with Crippen LogP contribution in [0.15, 0.2) is 23.1 Å². The largest absolute Gasteiger partial charge is 0.395 e. The highest BCUT2D eigenvalue weighted by molar-refractivity contribution is 8.00. The zero-order chi connectivity index (χ0) is 9.42. The van der Waals surface area contributed by atoms with Crippen molar-refractivity contribution in [2.75, 3.05) is 6.61 Å². The lowest BCUT2D eigenvalue weighted by atomic mass is 10.1. The van der Waals surface area contributed by atoms with Crippen LogP contribution in [0.25, 0.3) is 0 Å². The number of aliphatic hydroxyl groups is 2. The quantitative estimate of drug-likeness (QED) is 0.718. The summed E-state index contributed by atoms with van der Waals surface area (Å²) in [5.74, 6) is -0.350. The van der Waals surface area contributed by atoms with Gasteiger partial charge in [0, 0.05) is 4.90 Å². The summed E-state index contributed by atoms with van der Waals surface area (Å²) in [5.41, 5.74) is 0.587. The topological polar surface area (TPSA) is 40.5 Å². The second-order valence-electron chi connectivity index (χ2n) is 2.97. The zero-order valence-electron chi connectivity index (χ0n) is 6.77. The standard InChI is InChI=1S/C9H9FO2S/c10-5-1-2-7-6(3-5)9(12)8(4-11)13-7/h1-3,8-9,11-12H,4H2/t8-,9+/m1/s1. The number of rotatable bonds is 1. The lowest BCUT2D eigenvalue weighted by molar-refractivity contribution is 0.144. The summed E-state index contributed by atoms with van der Waals surface area (Å²) in [6.07, 6.45) is -0.749. The third-order valence-electron chi connectivity index (χ3n) is 2.10. The minimum atomic E-state index is -0.749. The molecule has 1 aliphatic heterocycles. The molecule has 0 spiro atoms. The molecule has 0 radical (unpaired) electrons. The Morgan fingerprint density at radius 2 is 2.23 bits per heavy atom. The molecular formula is C9H9FO2S. The first kappa shape index (κ1) is 8.99. The van der Waals surface area contributed by atoms with Gasteiger partial charge in [0.05, 0.1) is 18.0 Å². The molecule has 0 aliphatic carbocycles. The van der Waals surface area contributed by atoms with Crippen molar-refractivity contribution in [2.45, 2.75) is 16.2 Å². The minimum absolute atomic E-state index is 0.0951. The fraction of sp³-hybridized carbons (Fsp3) is 0.333. The van der Waals surface area contributed by atoms with Crippen molar-refractivity contribution in [3.63, 3.8) is 0 Å². The molecule has 70 valence electrons. The van der Waals surface area contributed by atoms with Gasteiger partial charge in [-0.1, -0.05) is 0 Å². The number of halogens is 1. The molecule has 0 unspecified atom stereocenters. The van der Waals surface area contributed by atoms with E-state index in [4.69, 9.17) is 5.11 Å². The van der Waals surface area contributed by atoms with Gasteiger partial charge in [-0.2, -0.15) is 0 Å². The van der Waals surface area contributed by atoms with Crippen molar-refractivity contribution in [3.8, 4) is 0 Å². The van der Waals surface area contributed by atoms with Crippen LogP contribution >= 0.6 is 11.8 Å². The normalized spacial score (nSPS) is 26.1. The molecule has 1 heterocycles. The van der Waals surface area contributed by atoms with Gasteiger partial charge in [-0.15, -0.1) is 11.8 Å². The van der Waals surface area contributed by atoms with Crippen molar-refractivity contribution < 1.29 is 14.6 Å². The van der Waals surface area contributed by atoms with Gasteiger partial charge >= 0.3 is 0 Å². The second-order valence-corrected chi connectivity index (χ2v) is 4.25. The molecule has 4 heteroatoms. The highest BCUT2D eigenvalue weighted by atomic mass is 32.2. The number of hydrogen-bond donors (Lipinski definition) is 2. The maximum atomic E-state index is 12.8. The van der Waals surface area contributed by atoms with Crippen LogP contribution in [-0.4, -0.2) is 22.1 Å². The van der Waals surface area contributed by atoms with Gasteiger partial charge in [0.25, 0.3) is 0 Å². The summed E-state index contributed by atoms with van der Waals surface area (Å²) in [7, 11) is 0. The Hall–Kier alpha value is -0.580. The zero-order valence-corrected chi connectivity index (χ0v) is 7.59. The van der Waals surface area contributed by atoms with Gasteiger partial charge in [0.2, 0.25) is 0 Å². The maximum absolute atomic E-state index is 12.8. The Kier molecular flexibility index (Phi) is 2.27. The third-order valence-corrected chi connectivity index (χ3v) is 3.44. The molecule has 1 aliphatic rings. The summed E-state index contributed by atoms with van der Waals surface area (Å²) >= 11 is 1.39. The molecule has 2 nitrogen and oxygen atoms in total. The van der Waals surface area contributed by atoms with Crippen LogP contribution in [0.5, 0.6) is 0 Å². The maximum Gasteiger partial charge on any atom is 0.123 e. The van der Waals surface area contributed by atoms with E-state index in [-0.39, 0.29) is 17.7 Å². The Labute approximate surface area is 79.4 Å². The van der Waals surface area contributed by atoms with E-state index in [9.17, 15) is 9.50 Å². The minimum Gasteiger partial charge on any atom is -0.395 e. The monoisotopic (exact) mass is 200 g/mol. The molecule has 2 rings (SSSR count). The molecule has 2 atom stereocenters. The first-order valence-corrected chi connectivity index (χ1v) is 4.85. The van der Waals surface area contributed by atoms with E-state index in [1.54, 1.807) is 6.07 Å². The lowest BCUT2D eigenvalue weighted by Gasteiger charge is -2.09. The lowest BCUT2D eigenvalue weighted by Crippen LogP contribution is -2.13. The number of thioether (sulfide) groups is 1. The van der Waals surface area contributed by atoms with Crippen LogP contribution in [0.4, 0.5) is 4.39 Å². The average Bonchev–Trinajstić information content (AvgIpc) is 2.44. The highest BCUT2D eigenvalue weighted by Crippen LogP contribution is 2.43. The predicted molar refractivity (Wildman–Crippen MR) is 48.1 cm³/mol. The van der Waals surface area contributed by atoms with Crippen molar-refractivity contribution >= 4 is 11.8 Å². The van der Waals surface area contributed by atoms with E-state index < -0.39 is 6.10 Å². The van der Waals surface area contributed by atoms with Gasteiger partial charge in [0.1, 0.15) is 5.82 Å². The number of benzene rings is 1. The summed E-state index contributed by atoms with van der Waals surface area (Å²) in [4.78, 5) is 0.855. The van der Waals surface area contributed by atoms with E-state index >= 15 is 0 Å². The van der Waals surface area contributed by atoms with Gasteiger partial charge in [-0.3, -0.25) is 0 Å². The van der Waals surface area contributed by atoms with E-state index in [0.29, 0.717) is 5.56 Å². The summed E-state index contributed by atoms with van der Waals surface area (Å²) < 4.78 is 12.8. The molecule has 0 amide bonds. The number of fused-ring (bicyclic) bond motifs is 1. The predicted octanol–water partition coefficient (Wildman–Crippen LogP) is 1.33. The molecule has 0 fully saturated rings. The molecule has 2 N–H and O–H groups in total. The molecule has 1 aromatic rings. The van der Waals surface area contributed by atoms with Crippen LogP contribution in [0.1, 0.15) is 11.7 Å². The van der Waals surface area contributed by atoms with Crippen LogP contribution < -0.4 is 0 Å². The number of aliphatic hydroxyl groups excluding tert-OH is 2. The van der Waals surface area contributed by atoms with Crippen molar-refractivity contribution in [2.24, 2.45) is 0 Å². The molecule has 13 heavy (non-hydrogen) atoms. The van der Waals surface area contributed by atoms with Crippen LogP contribution in [-0.2, 0) is 0 Å². The summed E-state index contributed by atoms with van der Waals surface area (Å²) in [5, 5.41) is 18.3. The fourth-order valence-corrected chi connectivity index (χ4v) is 2.56. The Morgan fingerprint density at radius 3 is 2.92 bits per heavy atom. The first-order valence-electron chi connectivity index (χ1n) is 3.97. The fourth-order valence-electron chi connectivity index (χ4n) is 1.42. The van der Waals surface area contributed by atoms with Gasteiger partial charge in [-0.05, 0) is 23.8 Å². The molecule has 0 aromatic heterocycles. The highest BCUT2D eigenvalue weighted by Gasteiger charge is 2.31. The molecule has 1 aromatic carbocycles. The van der Waals surface area contributed by atoms with Gasteiger partial charge in [0.15, 0.2) is 0 Å². The van der Waals surface area contributed by atoms with Crippen LogP contribution in [0.2, 0.25) is 0 Å². The van der Waals surface area contributed by atoms with Crippen molar-refractivity contribution in [1.29, 1.82) is 0 Å². The smallest absolute Gasteiger partial charge is 0.123 e. The molecule has 0 saturated carbocycles. The first-order chi connectivity index (χ1) is 6.22. The molecule has 0 saturated heterocycles. The van der Waals surface area contributed by atoms with Crippen LogP contribution in [0.3, 0.4) is 0 Å². The Bertz CT molecular complexity index is 329. The SMILES string of the molecule is OC[C@H]1Sc2ccc(F)cc2[C@@H]1O. The molecular weight excluding hydrogens is 191 g/mol. The van der Waals surface area contributed by atoms with Crippen molar-refractivity contribution in [3.05, 3.63) is 29.6 Å². The van der Waals surface area contributed by atoms with E-state index in [2.05, 4.69) is 0 Å². The van der Waals surface area contributed by atoms with E-state index in [1.165, 1.54) is 23.9 Å². The Balaban J connectivity index is 2.39. The molecule has 0 bridgehead atoms. The Morgan fingerprint density at radius 1 is 1.46 bits per heavy atom. The van der Waals surface area contributed by atoms with Crippen LogP contribution in [0, 0.1) is 5.82 Å². The van der Waals surface area contributed by atoms with E-state index in [0.717, 1.165) is 4.90 Å². The average molecular weight is 200 g/mol. The van der Waals surface area contributed by atoms with Crippen molar-refractivity contribution in [1.82, 2.24) is 0 Å². The second kappa shape index (κ2) is 3.29. The summed E-state index contributed by atoms with van der Waals surface area (Å²) in [6, 6.07) is 4.31. The van der Waals surface area contributed by atoms with Gasteiger partial charge in [-0.25, -0.2) is 4.39 Å².